The van der Waals surface area contributed by atoms with E-state index >= 15 is 0 Å². The van der Waals surface area contributed by atoms with E-state index < -0.39 is 5.97 Å². The first-order valence-corrected chi connectivity index (χ1v) is 7.59. The Morgan fingerprint density at radius 2 is 2.19 bits per heavy atom. The average Bonchev–Trinajstić information content (AvgIpc) is 2.80. The lowest BCUT2D eigenvalue weighted by Gasteiger charge is -2.09. The summed E-state index contributed by atoms with van der Waals surface area (Å²) in [5.74, 6) is -0.542. The minimum absolute atomic E-state index is 0.0774. The minimum Gasteiger partial charge on any atom is -0.481 e. The van der Waals surface area contributed by atoms with Crippen LogP contribution in [0.15, 0.2) is 5.16 Å². The Morgan fingerprint density at radius 1 is 1.43 bits per heavy atom. The van der Waals surface area contributed by atoms with Crippen LogP contribution in [-0.4, -0.2) is 57.8 Å². The third kappa shape index (κ3) is 6.13. The molecule has 0 aromatic carbocycles. The second-order valence-electron chi connectivity index (χ2n) is 4.26. The van der Waals surface area contributed by atoms with Crippen LogP contribution in [0.4, 0.5) is 0 Å². The number of carbonyl (C=O) groups is 2. The van der Waals surface area contributed by atoms with E-state index in [1.54, 1.807) is 11.7 Å². The van der Waals surface area contributed by atoms with E-state index in [1.165, 1.54) is 0 Å². The second kappa shape index (κ2) is 9.35. The number of methoxy groups -OCH3 is 1. The SMILES string of the molecule is CCCc1nnc(SCC(=O)O)n1CC(=O)NCCOC. The summed E-state index contributed by atoms with van der Waals surface area (Å²) in [6, 6.07) is 0. The Hall–Kier alpha value is -1.61. The molecule has 0 saturated heterocycles. The van der Waals surface area contributed by atoms with E-state index in [2.05, 4.69) is 15.5 Å². The maximum atomic E-state index is 11.9. The van der Waals surface area contributed by atoms with E-state index in [9.17, 15) is 9.59 Å². The molecule has 0 aliphatic carbocycles. The maximum Gasteiger partial charge on any atom is 0.313 e. The first-order valence-electron chi connectivity index (χ1n) is 6.60. The summed E-state index contributed by atoms with van der Waals surface area (Å²) in [5.41, 5.74) is 0. The second-order valence-corrected chi connectivity index (χ2v) is 5.20. The standard InChI is InChI=1S/C12H20N4O4S/c1-3-4-9-14-15-12(21-8-11(18)19)16(9)7-10(17)13-5-6-20-2/h3-8H2,1-2H3,(H,13,17)(H,18,19). The number of hydrogen-bond donors (Lipinski definition) is 2. The van der Waals surface area contributed by atoms with Gasteiger partial charge in [0.2, 0.25) is 5.91 Å². The molecule has 9 heteroatoms. The zero-order valence-corrected chi connectivity index (χ0v) is 13.0. The molecule has 0 aliphatic rings. The van der Waals surface area contributed by atoms with Crippen molar-refractivity contribution in [3.63, 3.8) is 0 Å². The van der Waals surface area contributed by atoms with Crippen molar-refractivity contribution in [1.82, 2.24) is 20.1 Å². The minimum atomic E-state index is -0.934. The topological polar surface area (TPSA) is 106 Å². The van der Waals surface area contributed by atoms with Crippen LogP contribution < -0.4 is 5.32 Å². The number of aliphatic carboxylic acids is 1. The van der Waals surface area contributed by atoms with Crippen molar-refractivity contribution in [2.75, 3.05) is 26.0 Å². The molecule has 0 radical (unpaired) electrons. The molecule has 0 aliphatic heterocycles. The molecule has 8 nitrogen and oxygen atoms in total. The molecule has 1 amide bonds. The van der Waals surface area contributed by atoms with Crippen molar-refractivity contribution in [3.05, 3.63) is 5.82 Å². The van der Waals surface area contributed by atoms with Gasteiger partial charge in [-0.2, -0.15) is 0 Å². The quantitative estimate of drug-likeness (QED) is 0.468. The fraction of sp³-hybridized carbons (Fsp3) is 0.667. The summed E-state index contributed by atoms with van der Waals surface area (Å²) >= 11 is 1.06. The lowest BCUT2D eigenvalue weighted by atomic mass is 10.3. The Kier molecular flexibility index (Phi) is 7.76. The number of nitrogens with one attached hydrogen (secondary N) is 1. The van der Waals surface area contributed by atoms with Crippen LogP contribution in [0.3, 0.4) is 0 Å². The van der Waals surface area contributed by atoms with E-state index in [1.807, 2.05) is 6.92 Å². The highest BCUT2D eigenvalue weighted by atomic mass is 32.2. The number of carbonyl (C=O) groups excluding carboxylic acids is 1. The van der Waals surface area contributed by atoms with Crippen molar-refractivity contribution < 1.29 is 19.4 Å². The van der Waals surface area contributed by atoms with E-state index in [0.29, 0.717) is 30.6 Å². The van der Waals surface area contributed by atoms with Crippen LogP contribution in [0.2, 0.25) is 0 Å². The van der Waals surface area contributed by atoms with Crippen molar-refractivity contribution >= 4 is 23.6 Å². The van der Waals surface area contributed by atoms with E-state index in [0.717, 1.165) is 18.2 Å². The monoisotopic (exact) mass is 316 g/mol. The third-order valence-corrected chi connectivity index (χ3v) is 3.47. The van der Waals surface area contributed by atoms with Crippen LogP contribution in [-0.2, 0) is 27.3 Å². The van der Waals surface area contributed by atoms with Crippen molar-refractivity contribution in [2.24, 2.45) is 0 Å². The maximum absolute atomic E-state index is 11.9. The van der Waals surface area contributed by atoms with Crippen LogP contribution >= 0.6 is 11.8 Å². The van der Waals surface area contributed by atoms with Gasteiger partial charge >= 0.3 is 5.97 Å². The Bertz CT molecular complexity index is 478. The average molecular weight is 316 g/mol. The van der Waals surface area contributed by atoms with Crippen LogP contribution in [0, 0.1) is 0 Å². The number of ether oxygens (including phenoxy) is 1. The van der Waals surface area contributed by atoms with Gasteiger partial charge in [0, 0.05) is 20.1 Å². The van der Waals surface area contributed by atoms with Crippen molar-refractivity contribution in [2.45, 2.75) is 31.5 Å². The number of aryl methyl sites for hydroxylation is 1. The van der Waals surface area contributed by atoms with Crippen LogP contribution in [0.5, 0.6) is 0 Å². The zero-order valence-electron chi connectivity index (χ0n) is 12.2. The first-order chi connectivity index (χ1) is 10.1. The summed E-state index contributed by atoms with van der Waals surface area (Å²) < 4.78 is 6.53. The van der Waals surface area contributed by atoms with Gasteiger partial charge in [0.15, 0.2) is 5.16 Å². The highest BCUT2D eigenvalue weighted by Gasteiger charge is 2.15. The van der Waals surface area contributed by atoms with Crippen molar-refractivity contribution in [3.8, 4) is 0 Å². The number of hydrogen-bond acceptors (Lipinski definition) is 6. The molecule has 1 heterocycles. The number of carboxylic acid groups (broad SMARTS) is 1. The van der Waals surface area contributed by atoms with Crippen LogP contribution in [0.25, 0.3) is 0 Å². The van der Waals surface area contributed by atoms with Crippen molar-refractivity contribution in [1.29, 1.82) is 0 Å². The molecule has 2 N–H and O–H groups in total. The molecule has 1 rings (SSSR count). The van der Waals surface area contributed by atoms with Gasteiger partial charge in [-0.05, 0) is 6.42 Å². The Morgan fingerprint density at radius 3 is 2.81 bits per heavy atom. The fourth-order valence-electron chi connectivity index (χ4n) is 1.61. The number of thioether (sulfide) groups is 1. The summed E-state index contributed by atoms with van der Waals surface area (Å²) in [5, 5.41) is 19.9. The lowest BCUT2D eigenvalue weighted by molar-refractivity contribution is -0.133. The number of amides is 1. The Labute approximate surface area is 127 Å². The van der Waals surface area contributed by atoms with E-state index in [-0.39, 0.29) is 18.2 Å². The summed E-state index contributed by atoms with van der Waals surface area (Å²) in [6.07, 6.45) is 1.55. The van der Waals surface area contributed by atoms with Gasteiger partial charge in [-0.3, -0.25) is 14.2 Å². The molecule has 0 spiro atoms. The highest BCUT2D eigenvalue weighted by Crippen LogP contribution is 2.17. The molecule has 0 bridgehead atoms. The number of carboxylic acids is 1. The molecule has 21 heavy (non-hydrogen) atoms. The van der Waals surface area contributed by atoms with Gasteiger partial charge < -0.3 is 15.2 Å². The van der Waals surface area contributed by atoms with Gasteiger partial charge in [-0.15, -0.1) is 10.2 Å². The van der Waals surface area contributed by atoms with Crippen LogP contribution in [0.1, 0.15) is 19.2 Å². The molecular weight excluding hydrogens is 296 g/mol. The molecule has 0 saturated carbocycles. The van der Waals surface area contributed by atoms with Gasteiger partial charge in [0.1, 0.15) is 12.4 Å². The highest BCUT2D eigenvalue weighted by molar-refractivity contribution is 7.99. The third-order valence-electron chi connectivity index (χ3n) is 2.52. The summed E-state index contributed by atoms with van der Waals surface area (Å²) in [7, 11) is 1.56. The predicted octanol–water partition coefficient (Wildman–Crippen LogP) is 0.170. The van der Waals surface area contributed by atoms with Gasteiger partial charge in [0.05, 0.1) is 12.4 Å². The molecule has 1 aromatic rings. The zero-order chi connectivity index (χ0) is 15.7. The van der Waals surface area contributed by atoms with E-state index in [4.69, 9.17) is 9.84 Å². The van der Waals surface area contributed by atoms with Gasteiger partial charge in [-0.1, -0.05) is 18.7 Å². The summed E-state index contributed by atoms with van der Waals surface area (Å²) in [6.45, 7) is 2.95. The number of rotatable bonds is 10. The first kappa shape index (κ1) is 17.4. The fourth-order valence-corrected chi connectivity index (χ4v) is 2.29. The normalized spacial score (nSPS) is 10.6. The molecule has 0 unspecified atom stereocenters. The molecule has 0 fully saturated rings. The Balaban J connectivity index is 2.72. The largest absolute Gasteiger partial charge is 0.481 e. The molecule has 0 atom stereocenters. The number of aromatic nitrogens is 3. The summed E-state index contributed by atoms with van der Waals surface area (Å²) in [4.78, 5) is 22.5. The molecular formula is C12H20N4O4S. The smallest absolute Gasteiger partial charge is 0.313 e. The predicted molar refractivity (Wildman–Crippen MR) is 77.3 cm³/mol. The van der Waals surface area contributed by atoms with Gasteiger partial charge in [-0.25, -0.2) is 0 Å². The number of nitrogens with zero attached hydrogens (tertiary/aromatic N) is 3. The molecule has 118 valence electrons. The molecule has 1 aromatic heterocycles. The lowest BCUT2D eigenvalue weighted by Crippen LogP contribution is -2.31. The van der Waals surface area contributed by atoms with Gasteiger partial charge in [0.25, 0.3) is 0 Å².